The summed E-state index contributed by atoms with van der Waals surface area (Å²) in [5, 5.41) is 9.63. The SMILES string of the molecule is CC(C)(C)OC(=O)[C@@H](CCCO)[C@@H](C(=O)OCc1ccccc1)N(Cc1ccccc1)Cc1ccccc1. The van der Waals surface area contributed by atoms with Crippen molar-refractivity contribution in [1.82, 2.24) is 4.90 Å². The molecule has 38 heavy (non-hydrogen) atoms. The molecule has 3 rings (SSSR count). The van der Waals surface area contributed by atoms with Crippen molar-refractivity contribution in [2.24, 2.45) is 5.92 Å². The van der Waals surface area contributed by atoms with Crippen molar-refractivity contribution in [3.8, 4) is 0 Å². The van der Waals surface area contributed by atoms with E-state index in [4.69, 9.17) is 9.47 Å². The number of carbonyl (C=O) groups excluding carboxylic acids is 2. The van der Waals surface area contributed by atoms with E-state index in [2.05, 4.69) is 0 Å². The van der Waals surface area contributed by atoms with Crippen LogP contribution >= 0.6 is 0 Å². The molecule has 6 heteroatoms. The lowest BCUT2D eigenvalue weighted by Gasteiger charge is -2.36. The third-order valence-electron chi connectivity index (χ3n) is 6.08. The predicted molar refractivity (Wildman–Crippen MR) is 148 cm³/mol. The van der Waals surface area contributed by atoms with E-state index in [0.717, 1.165) is 16.7 Å². The van der Waals surface area contributed by atoms with Gasteiger partial charge in [0.1, 0.15) is 18.2 Å². The standard InChI is InChI=1S/C32H39NO5/c1-32(2,3)38-30(35)28(20-13-21-34)29(31(36)37-24-27-18-11-6-12-19-27)33(22-25-14-7-4-8-15-25)23-26-16-9-5-10-17-26/h4-12,14-19,28-29,34H,13,20-24H2,1-3H3/t28-,29-/m0/s1. The summed E-state index contributed by atoms with van der Waals surface area (Å²) in [6, 6.07) is 28.3. The zero-order chi connectivity index (χ0) is 27.4. The first-order valence-electron chi connectivity index (χ1n) is 13.1. The number of nitrogens with zero attached hydrogens (tertiary/aromatic N) is 1. The topological polar surface area (TPSA) is 76.1 Å². The van der Waals surface area contributed by atoms with Gasteiger partial charge in [-0.15, -0.1) is 0 Å². The molecule has 0 saturated heterocycles. The second kappa shape index (κ2) is 14.5. The quantitative estimate of drug-likeness (QED) is 0.301. The summed E-state index contributed by atoms with van der Waals surface area (Å²) in [5.41, 5.74) is 2.15. The fourth-order valence-corrected chi connectivity index (χ4v) is 4.36. The lowest BCUT2D eigenvalue weighted by molar-refractivity contribution is -0.171. The number of carbonyl (C=O) groups is 2. The molecule has 0 bridgehead atoms. The Labute approximate surface area is 226 Å². The van der Waals surface area contributed by atoms with Crippen LogP contribution in [0.25, 0.3) is 0 Å². The van der Waals surface area contributed by atoms with E-state index in [-0.39, 0.29) is 19.6 Å². The second-order valence-corrected chi connectivity index (χ2v) is 10.4. The van der Waals surface area contributed by atoms with Gasteiger partial charge in [0.2, 0.25) is 0 Å². The first-order chi connectivity index (χ1) is 18.3. The maximum absolute atomic E-state index is 13.9. The minimum Gasteiger partial charge on any atom is -0.460 e. The van der Waals surface area contributed by atoms with Crippen molar-refractivity contribution in [3.05, 3.63) is 108 Å². The van der Waals surface area contributed by atoms with Gasteiger partial charge in [0.15, 0.2) is 0 Å². The molecule has 1 N–H and O–H groups in total. The molecule has 0 aliphatic rings. The molecule has 0 unspecified atom stereocenters. The molecule has 0 aliphatic carbocycles. The highest BCUT2D eigenvalue weighted by Crippen LogP contribution is 2.27. The van der Waals surface area contributed by atoms with Crippen LogP contribution in [-0.4, -0.2) is 40.2 Å². The largest absolute Gasteiger partial charge is 0.460 e. The summed E-state index contributed by atoms with van der Waals surface area (Å²) in [6.07, 6.45) is 0.646. The number of hydrogen-bond acceptors (Lipinski definition) is 6. The average Bonchev–Trinajstić information content (AvgIpc) is 2.90. The number of rotatable bonds is 13. The smallest absolute Gasteiger partial charge is 0.324 e. The van der Waals surface area contributed by atoms with E-state index >= 15 is 0 Å². The van der Waals surface area contributed by atoms with Gasteiger partial charge in [-0.05, 0) is 50.3 Å². The molecule has 0 aromatic heterocycles. The molecule has 6 nitrogen and oxygen atoms in total. The molecule has 0 heterocycles. The van der Waals surface area contributed by atoms with Crippen molar-refractivity contribution in [2.45, 2.75) is 65.0 Å². The Morgan fingerprint density at radius 2 is 1.24 bits per heavy atom. The van der Waals surface area contributed by atoms with Crippen LogP contribution in [0.5, 0.6) is 0 Å². The zero-order valence-corrected chi connectivity index (χ0v) is 22.6. The molecular weight excluding hydrogens is 478 g/mol. The maximum atomic E-state index is 13.9. The number of esters is 2. The maximum Gasteiger partial charge on any atom is 0.324 e. The van der Waals surface area contributed by atoms with Crippen molar-refractivity contribution in [3.63, 3.8) is 0 Å². The third kappa shape index (κ3) is 9.43. The molecule has 2 atom stereocenters. The lowest BCUT2D eigenvalue weighted by Crippen LogP contribution is -2.50. The zero-order valence-electron chi connectivity index (χ0n) is 22.6. The Balaban J connectivity index is 2.01. The first-order valence-corrected chi connectivity index (χ1v) is 13.1. The van der Waals surface area contributed by atoms with Gasteiger partial charge in [-0.1, -0.05) is 91.0 Å². The minimum atomic E-state index is -0.916. The fourth-order valence-electron chi connectivity index (χ4n) is 4.36. The Morgan fingerprint density at radius 1 is 0.763 bits per heavy atom. The van der Waals surface area contributed by atoms with Gasteiger partial charge in [0.25, 0.3) is 0 Å². The van der Waals surface area contributed by atoms with Gasteiger partial charge in [0.05, 0.1) is 5.92 Å². The lowest BCUT2D eigenvalue weighted by atomic mass is 9.91. The molecular formula is C32H39NO5. The highest BCUT2D eigenvalue weighted by atomic mass is 16.6. The van der Waals surface area contributed by atoms with E-state index < -0.39 is 29.5 Å². The van der Waals surface area contributed by atoms with Crippen LogP contribution in [0.2, 0.25) is 0 Å². The highest BCUT2D eigenvalue weighted by molar-refractivity contribution is 5.85. The Hall–Kier alpha value is -3.48. The Bertz CT molecular complexity index is 1070. The summed E-state index contributed by atoms with van der Waals surface area (Å²) in [4.78, 5) is 29.4. The summed E-state index contributed by atoms with van der Waals surface area (Å²) in [5.74, 6) is -1.79. The van der Waals surface area contributed by atoms with Crippen molar-refractivity contribution in [2.75, 3.05) is 6.61 Å². The van der Waals surface area contributed by atoms with Gasteiger partial charge < -0.3 is 14.6 Å². The molecule has 0 amide bonds. The van der Waals surface area contributed by atoms with Crippen LogP contribution < -0.4 is 0 Å². The van der Waals surface area contributed by atoms with E-state index in [1.54, 1.807) is 0 Å². The van der Waals surface area contributed by atoms with E-state index in [0.29, 0.717) is 19.5 Å². The number of benzene rings is 3. The first kappa shape index (κ1) is 29.1. The fraction of sp³-hybridized carbons (Fsp3) is 0.375. The molecule has 3 aromatic carbocycles. The van der Waals surface area contributed by atoms with Gasteiger partial charge in [-0.3, -0.25) is 14.5 Å². The Morgan fingerprint density at radius 3 is 1.68 bits per heavy atom. The van der Waals surface area contributed by atoms with Crippen molar-refractivity contribution in [1.29, 1.82) is 0 Å². The molecule has 0 fully saturated rings. The average molecular weight is 518 g/mol. The van der Waals surface area contributed by atoms with E-state index in [1.807, 2.05) is 117 Å². The molecule has 0 aliphatic heterocycles. The van der Waals surface area contributed by atoms with E-state index in [9.17, 15) is 14.7 Å². The number of aliphatic hydroxyl groups is 1. The van der Waals surface area contributed by atoms with Crippen LogP contribution in [0.1, 0.15) is 50.3 Å². The number of aliphatic hydroxyl groups excluding tert-OH is 1. The molecule has 0 saturated carbocycles. The summed E-state index contributed by atoms with van der Waals surface area (Å²) >= 11 is 0. The van der Waals surface area contributed by atoms with Gasteiger partial charge in [-0.2, -0.15) is 0 Å². The monoisotopic (exact) mass is 517 g/mol. The summed E-state index contributed by atoms with van der Waals surface area (Å²) in [6.45, 7) is 6.29. The van der Waals surface area contributed by atoms with Gasteiger partial charge >= 0.3 is 11.9 Å². The summed E-state index contributed by atoms with van der Waals surface area (Å²) in [7, 11) is 0. The molecule has 3 aromatic rings. The third-order valence-corrected chi connectivity index (χ3v) is 6.08. The van der Waals surface area contributed by atoms with Crippen molar-refractivity contribution >= 4 is 11.9 Å². The normalized spacial score (nSPS) is 13.1. The van der Waals surface area contributed by atoms with Crippen LogP contribution in [0.15, 0.2) is 91.0 Å². The number of hydrogen-bond donors (Lipinski definition) is 1. The molecule has 0 spiro atoms. The molecule has 202 valence electrons. The van der Waals surface area contributed by atoms with Gasteiger partial charge in [-0.25, -0.2) is 0 Å². The summed E-state index contributed by atoms with van der Waals surface area (Å²) < 4.78 is 11.6. The van der Waals surface area contributed by atoms with Crippen LogP contribution in [-0.2, 0) is 38.8 Å². The van der Waals surface area contributed by atoms with Gasteiger partial charge in [0, 0.05) is 19.7 Å². The van der Waals surface area contributed by atoms with Crippen LogP contribution in [0.4, 0.5) is 0 Å². The van der Waals surface area contributed by atoms with E-state index in [1.165, 1.54) is 0 Å². The van der Waals surface area contributed by atoms with Crippen LogP contribution in [0, 0.1) is 5.92 Å². The second-order valence-electron chi connectivity index (χ2n) is 10.4. The predicted octanol–water partition coefficient (Wildman–Crippen LogP) is 5.53. The van der Waals surface area contributed by atoms with Crippen LogP contribution in [0.3, 0.4) is 0 Å². The minimum absolute atomic E-state index is 0.0948. The van der Waals surface area contributed by atoms with Crippen molar-refractivity contribution < 1.29 is 24.2 Å². The number of ether oxygens (including phenoxy) is 2. The Kier molecular flexibility index (Phi) is 11.1. The highest BCUT2D eigenvalue weighted by Gasteiger charge is 2.41. The molecule has 0 radical (unpaired) electrons.